The summed E-state index contributed by atoms with van der Waals surface area (Å²) < 4.78 is 0. The van der Waals surface area contributed by atoms with E-state index in [0.717, 1.165) is 12.0 Å². The van der Waals surface area contributed by atoms with E-state index in [1.165, 1.54) is 11.1 Å². The van der Waals surface area contributed by atoms with Gasteiger partial charge in [-0.3, -0.25) is 4.79 Å². The number of nitrogens with one attached hydrogen (secondary N) is 1. The van der Waals surface area contributed by atoms with Crippen LogP contribution in [0, 0.1) is 13.8 Å². The molecule has 21 heavy (non-hydrogen) atoms. The molecule has 2 aromatic rings. The molecule has 0 aromatic heterocycles. The monoisotopic (exact) mass is 301 g/mol. The first-order valence-electron chi connectivity index (χ1n) is 7.08. The zero-order valence-electron chi connectivity index (χ0n) is 12.4. The van der Waals surface area contributed by atoms with Crippen LogP contribution in [0.15, 0.2) is 48.5 Å². The zero-order valence-corrected chi connectivity index (χ0v) is 13.2. The van der Waals surface area contributed by atoms with E-state index in [-0.39, 0.29) is 11.9 Å². The molecule has 1 atom stereocenters. The third-order valence-electron chi connectivity index (χ3n) is 3.62. The number of amides is 1. The first-order chi connectivity index (χ1) is 10.1. The van der Waals surface area contributed by atoms with Crippen LogP contribution in [0.4, 0.5) is 0 Å². The molecule has 1 unspecified atom stereocenters. The highest BCUT2D eigenvalue weighted by molar-refractivity contribution is 6.18. The molecule has 0 radical (unpaired) electrons. The molecule has 110 valence electrons. The van der Waals surface area contributed by atoms with Crippen LogP contribution in [0.2, 0.25) is 0 Å². The first kappa shape index (κ1) is 15.6. The second kappa shape index (κ2) is 7.28. The second-order valence-corrected chi connectivity index (χ2v) is 5.62. The van der Waals surface area contributed by atoms with Gasteiger partial charge in [0, 0.05) is 17.5 Å². The molecule has 2 rings (SSSR count). The number of rotatable bonds is 5. The van der Waals surface area contributed by atoms with Crippen LogP contribution >= 0.6 is 11.6 Å². The SMILES string of the molecule is Cc1ccc(C(=O)NC(CCl)Cc2ccccc2)cc1C. The Morgan fingerprint density at radius 1 is 1.10 bits per heavy atom. The lowest BCUT2D eigenvalue weighted by atomic mass is 10.0. The zero-order chi connectivity index (χ0) is 15.2. The summed E-state index contributed by atoms with van der Waals surface area (Å²) in [6.07, 6.45) is 0.737. The minimum absolute atomic E-state index is 0.0665. The summed E-state index contributed by atoms with van der Waals surface area (Å²) in [7, 11) is 0. The van der Waals surface area contributed by atoms with Gasteiger partial charge in [-0.2, -0.15) is 0 Å². The highest BCUT2D eigenvalue weighted by Crippen LogP contribution is 2.11. The summed E-state index contributed by atoms with van der Waals surface area (Å²) in [5.74, 6) is 0.325. The minimum Gasteiger partial charge on any atom is -0.348 e. The van der Waals surface area contributed by atoms with Crippen LogP contribution in [0.5, 0.6) is 0 Å². The van der Waals surface area contributed by atoms with Crippen LogP contribution in [-0.2, 0) is 6.42 Å². The van der Waals surface area contributed by atoms with Crippen LogP contribution in [0.3, 0.4) is 0 Å². The second-order valence-electron chi connectivity index (χ2n) is 5.31. The Balaban J connectivity index is 2.04. The predicted molar refractivity (Wildman–Crippen MR) is 88.0 cm³/mol. The Labute approximate surface area is 131 Å². The Hall–Kier alpha value is -1.80. The molecule has 0 fully saturated rings. The summed E-state index contributed by atoms with van der Waals surface area (Å²) in [6.45, 7) is 4.04. The van der Waals surface area contributed by atoms with E-state index in [0.29, 0.717) is 11.4 Å². The molecule has 2 aromatic carbocycles. The summed E-state index contributed by atoms with van der Waals surface area (Å²) >= 11 is 5.99. The molecule has 0 aliphatic rings. The highest BCUT2D eigenvalue weighted by atomic mass is 35.5. The van der Waals surface area contributed by atoms with Crippen molar-refractivity contribution >= 4 is 17.5 Å². The molecule has 0 aliphatic carbocycles. The number of aryl methyl sites for hydroxylation is 2. The van der Waals surface area contributed by atoms with Crippen molar-refractivity contribution < 1.29 is 4.79 Å². The lowest BCUT2D eigenvalue weighted by Crippen LogP contribution is -2.37. The van der Waals surface area contributed by atoms with Crippen molar-refractivity contribution in [1.82, 2.24) is 5.32 Å². The summed E-state index contributed by atoms with van der Waals surface area (Å²) in [5, 5.41) is 3.01. The van der Waals surface area contributed by atoms with Crippen molar-refractivity contribution in [2.75, 3.05) is 5.88 Å². The highest BCUT2D eigenvalue weighted by Gasteiger charge is 2.14. The van der Waals surface area contributed by atoms with E-state index in [2.05, 4.69) is 5.32 Å². The number of carbonyl (C=O) groups is 1. The molecule has 3 heteroatoms. The fourth-order valence-electron chi connectivity index (χ4n) is 2.19. The molecule has 2 nitrogen and oxygen atoms in total. The lowest BCUT2D eigenvalue weighted by Gasteiger charge is -2.16. The number of hydrogen-bond acceptors (Lipinski definition) is 1. The molecule has 1 amide bonds. The molecule has 0 saturated carbocycles. The van der Waals surface area contributed by atoms with Gasteiger partial charge < -0.3 is 5.32 Å². The third kappa shape index (κ3) is 4.33. The average molecular weight is 302 g/mol. The number of carbonyl (C=O) groups excluding carboxylic acids is 1. The van der Waals surface area contributed by atoms with Gasteiger partial charge in [-0.1, -0.05) is 36.4 Å². The largest absolute Gasteiger partial charge is 0.348 e. The normalized spacial score (nSPS) is 12.0. The third-order valence-corrected chi connectivity index (χ3v) is 3.99. The Bertz CT molecular complexity index is 610. The molecule has 1 N–H and O–H groups in total. The van der Waals surface area contributed by atoms with Gasteiger partial charge in [0.25, 0.3) is 5.91 Å². The fraction of sp³-hybridized carbons (Fsp3) is 0.278. The van der Waals surface area contributed by atoms with E-state index in [1.54, 1.807) is 0 Å². The number of halogens is 1. The van der Waals surface area contributed by atoms with Crippen LogP contribution in [-0.4, -0.2) is 17.8 Å². The van der Waals surface area contributed by atoms with Crippen molar-refractivity contribution in [3.05, 3.63) is 70.8 Å². The Morgan fingerprint density at radius 2 is 1.81 bits per heavy atom. The van der Waals surface area contributed by atoms with Crippen molar-refractivity contribution in [1.29, 1.82) is 0 Å². The maximum Gasteiger partial charge on any atom is 0.251 e. The Morgan fingerprint density at radius 3 is 2.43 bits per heavy atom. The summed E-state index contributed by atoms with van der Waals surface area (Å²) in [5.41, 5.74) is 4.16. The molecule has 0 saturated heterocycles. The maximum absolute atomic E-state index is 12.3. The van der Waals surface area contributed by atoms with Gasteiger partial charge >= 0.3 is 0 Å². The van der Waals surface area contributed by atoms with Crippen LogP contribution in [0.1, 0.15) is 27.0 Å². The topological polar surface area (TPSA) is 29.1 Å². The standard InChI is InChI=1S/C18H20ClNO/c1-13-8-9-16(10-14(13)2)18(21)20-17(12-19)11-15-6-4-3-5-7-15/h3-10,17H,11-12H2,1-2H3,(H,20,21). The maximum atomic E-state index is 12.3. The molecule has 0 heterocycles. The van der Waals surface area contributed by atoms with E-state index in [9.17, 15) is 4.79 Å². The quantitative estimate of drug-likeness (QED) is 0.834. The molecular weight excluding hydrogens is 282 g/mol. The van der Waals surface area contributed by atoms with E-state index >= 15 is 0 Å². The van der Waals surface area contributed by atoms with Crippen molar-refractivity contribution in [2.24, 2.45) is 0 Å². The summed E-state index contributed by atoms with van der Waals surface area (Å²) in [6, 6.07) is 15.7. The van der Waals surface area contributed by atoms with Crippen LogP contribution < -0.4 is 5.32 Å². The number of alkyl halides is 1. The van der Waals surface area contributed by atoms with E-state index < -0.39 is 0 Å². The van der Waals surface area contributed by atoms with Gasteiger partial charge in [-0.15, -0.1) is 11.6 Å². The van der Waals surface area contributed by atoms with Crippen LogP contribution in [0.25, 0.3) is 0 Å². The number of benzene rings is 2. The minimum atomic E-state index is -0.0697. The summed E-state index contributed by atoms with van der Waals surface area (Å²) in [4.78, 5) is 12.3. The van der Waals surface area contributed by atoms with Crippen molar-refractivity contribution in [3.8, 4) is 0 Å². The number of hydrogen-bond donors (Lipinski definition) is 1. The van der Waals surface area contributed by atoms with Crippen molar-refractivity contribution in [3.63, 3.8) is 0 Å². The van der Waals surface area contributed by atoms with E-state index in [1.807, 2.05) is 62.4 Å². The fourth-order valence-corrected chi connectivity index (χ4v) is 2.38. The van der Waals surface area contributed by atoms with Crippen molar-refractivity contribution in [2.45, 2.75) is 26.3 Å². The average Bonchev–Trinajstić information content (AvgIpc) is 2.50. The van der Waals surface area contributed by atoms with Gasteiger partial charge in [0.05, 0.1) is 0 Å². The molecule has 0 spiro atoms. The first-order valence-corrected chi connectivity index (χ1v) is 7.61. The molecular formula is C18H20ClNO. The smallest absolute Gasteiger partial charge is 0.251 e. The molecule has 0 bridgehead atoms. The predicted octanol–water partition coefficient (Wildman–Crippen LogP) is 3.88. The van der Waals surface area contributed by atoms with Gasteiger partial charge in [-0.25, -0.2) is 0 Å². The Kier molecular flexibility index (Phi) is 5.40. The van der Waals surface area contributed by atoms with Gasteiger partial charge in [-0.05, 0) is 49.1 Å². The lowest BCUT2D eigenvalue weighted by molar-refractivity contribution is 0.0940. The van der Waals surface area contributed by atoms with Gasteiger partial charge in [0.1, 0.15) is 0 Å². The van der Waals surface area contributed by atoms with Gasteiger partial charge in [0.15, 0.2) is 0 Å². The molecule has 0 aliphatic heterocycles. The van der Waals surface area contributed by atoms with Gasteiger partial charge in [0.2, 0.25) is 0 Å². The van der Waals surface area contributed by atoms with E-state index in [4.69, 9.17) is 11.6 Å².